The lowest BCUT2D eigenvalue weighted by molar-refractivity contribution is -0.00000700. The molecule has 1 aromatic carbocycles. The van der Waals surface area contributed by atoms with E-state index in [9.17, 15) is 4.79 Å². The Balaban J connectivity index is 0.00000324. The molecule has 5 heteroatoms. The van der Waals surface area contributed by atoms with E-state index in [0.717, 1.165) is 24.3 Å². The third kappa shape index (κ3) is 4.83. The maximum absolute atomic E-state index is 11.4. The number of nitrogens with one attached hydrogen (secondary N) is 2. The van der Waals surface area contributed by atoms with Crippen molar-refractivity contribution in [1.29, 1.82) is 0 Å². The van der Waals surface area contributed by atoms with Crippen LogP contribution in [0.3, 0.4) is 0 Å². The number of aryl methyl sites for hydroxylation is 1. The molecule has 0 saturated carbocycles. The molecule has 0 aliphatic rings. The van der Waals surface area contributed by atoms with Gasteiger partial charge in [-0.15, -0.1) is 0 Å². The van der Waals surface area contributed by atoms with Crippen LogP contribution in [0.4, 0.5) is 16.2 Å². The summed E-state index contributed by atoms with van der Waals surface area (Å²) in [7, 11) is 0. The Hall–Kier alpha value is -1.68. The molecule has 106 valence electrons. The lowest BCUT2D eigenvalue weighted by atomic mass is 10.1. The zero-order chi connectivity index (χ0) is 13.5. The Bertz CT molecular complexity index is 431. The first-order valence-electron chi connectivity index (χ1n) is 6.16. The Morgan fingerprint density at radius 3 is 2.47 bits per heavy atom. The number of hydrogen-bond donors (Lipinski definition) is 2. The zero-order valence-corrected chi connectivity index (χ0v) is 12.4. The smallest absolute Gasteiger partial charge is 0.323 e. The highest BCUT2D eigenvalue weighted by Gasteiger charge is 2.06. The lowest BCUT2D eigenvalue weighted by Crippen LogP contribution is -3.00. The number of carbonyl (C=O) groups excluding carboxylic acids is 1. The summed E-state index contributed by atoms with van der Waals surface area (Å²) in [6, 6.07) is 5.75. The van der Waals surface area contributed by atoms with Gasteiger partial charge in [-0.2, -0.15) is 0 Å². The first kappa shape index (κ1) is 17.3. The van der Waals surface area contributed by atoms with Crippen LogP contribution in [0.5, 0.6) is 0 Å². The van der Waals surface area contributed by atoms with Gasteiger partial charge in [-0.1, -0.05) is 6.58 Å². The molecule has 0 aromatic heterocycles. The summed E-state index contributed by atoms with van der Waals surface area (Å²) in [5, 5.41) is 5.26. The minimum absolute atomic E-state index is 0. The van der Waals surface area contributed by atoms with Gasteiger partial charge in [0.05, 0.1) is 0 Å². The van der Waals surface area contributed by atoms with Crippen molar-refractivity contribution in [3.8, 4) is 0 Å². The molecule has 0 aliphatic heterocycles. The summed E-state index contributed by atoms with van der Waals surface area (Å²) in [6.07, 6.45) is 1.36. The molecule has 0 saturated heterocycles. The van der Waals surface area contributed by atoms with E-state index in [1.165, 1.54) is 11.9 Å². The zero-order valence-electron chi connectivity index (χ0n) is 11.7. The van der Waals surface area contributed by atoms with Crippen LogP contribution >= 0.6 is 0 Å². The number of benzene rings is 1. The van der Waals surface area contributed by atoms with Crippen molar-refractivity contribution in [1.82, 2.24) is 5.32 Å². The minimum atomic E-state index is -0.274. The molecule has 1 aromatic rings. The molecular formula is C14H21ClN3O-. The van der Waals surface area contributed by atoms with Crippen molar-refractivity contribution in [2.75, 3.05) is 23.3 Å². The molecule has 1 rings (SSSR count). The highest BCUT2D eigenvalue weighted by Crippen LogP contribution is 2.22. The van der Waals surface area contributed by atoms with Crippen molar-refractivity contribution in [3.05, 3.63) is 36.5 Å². The van der Waals surface area contributed by atoms with Crippen molar-refractivity contribution in [2.45, 2.75) is 20.8 Å². The molecule has 0 heterocycles. The topological polar surface area (TPSA) is 44.4 Å². The van der Waals surface area contributed by atoms with Crippen LogP contribution in [-0.2, 0) is 0 Å². The number of halogens is 1. The predicted molar refractivity (Wildman–Crippen MR) is 77.1 cm³/mol. The Morgan fingerprint density at radius 1 is 1.37 bits per heavy atom. The van der Waals surface area contributed by atoms with Gasteiger partial charge in [0.1, 0.15) is 0 Å². The van der Waals surface area contributed by atoms with Gasteiger partial charge in [0, 0.05) is 24.5 Å². The fourth-order valence-corrected chi connectivity index (χ4v) is 1.82. The van der Waals surface area contributed by atoms with Crippen LogP contribution < -0.4 is 27.9 Å². The Morgan fingerprint density at radius 2 is 2.00 bits per heavy atom. The fourth-order valence-electron chi connectivity index (χ4n) is 1.82. The summed E-state index contributed by atoms with van der Waals surface area (Å²) >= 11 is 0. The third-order valence-electron chi connectivity index (χ3n) is 2.82. The third-order valence-corrected chi connectivity index (χ3v) is 2.82. The monoisotopic (exact) mass is 282 g/mol. The van der Waals surface area contributed by atoms with Crippen molar-refractivity contribution in [2.24, 2.45) is 0 Å². The molecule has 2 amide bonds. The molecule has 19 heavy (non-hydrogen) atoms. The molecule has 0 spiro atoms. The summed E-state index contributed by atoms with van der Waals surface area (Å²) in [6.45, 7) is 11.6. The average molecular weight is 283 g/mol. The van der Waals surface area contributed by atoms with E-state index in [0.29, 0.717) is 0 Å². The summed E-state index contributed by atoms with van der Waals surface area (Å²) in [4.78, 5) is 13.7. The maximum atomic E-state index is 11.4. The standard InChI is InChI=1S/C14H21N3O.ClH/c1-5-15-14(18)16-13-9-8-12(10-11(13)4)17(6-2)7-3;/h5,8-10H,1,6-7H2,2-4H3,(H2,15,16,18);1H/p-1. The van der Waals surface area contributed by atoms with Crippen molar-refractivity contribution < 1.29 is 17.2 Å². The molecule has 0 fully saturated rings. The van der Waals surface area contributed by atoms with Gasteiger partial charge in [0.15, 0.2) is 0 Å². The van der Waals surface area contributed by atoms with Gasteiger partial charge in [0.2, 0.25) is 0 Å². The van der Waals surface area contributed by atoms with E-state index in [4.69, 9.17) is 0 Å². The quantitative estimate of drug-likeness (QED) is 0.805. The molecule has 0 aliphatic carbocycles. The molecule has 0 atom stereocenters. The lowest BCUT2D eigenvalue weighted by Gasteiger charge is -2.22. The SMILES string of the molecule is C=CNC(=O)Nc1ccc(N(CC)CC)cc1C.[Cl-]. The van der Waals surface area contributed by atoms with E-state index >= 15 is 0 Å². The molecule has 0 radical (unpaired) electrons. The highest BCUT2D eigenvalue weighted by molar-refractivity contribution is 5.90. The number of carbonyl (C=O) groups is 1. The van der Waals surface area contributed by atoms with E-state index in [2.05, 4.69) is 42.0 Å². The second-order valence-corrected chi connectivity index (χ2v) is 3.97. The molecule has 0 unspecified atom stereocenters. The second kappa shape index (κ2) is 8.43. The van der Waals surface area contributed by atoms with Crippen LogP contribution in [0.25, 0.3) is 0 Å². The fraction of sp³-hybridized carbons (Fsp3) is 0.357. The summed E-state index contributed by atoms with van der Waals surface area (Å²) < 4.78 is 0. The average Bonchev–Trinajstić information content (AvgIpc) is 2.34. The normalized spacial score (nSPS) is 9.21. The van der Waals surface area contributed by atoms with Gasteiger partial charge < -0.3 is 27.9 Å². The van der Waals surface area contributed by atoms with Crippen LogP contribution in [0.2, 0.25) is 0 Å². The highest BCUT2D eigenvalue weighted by atomic mass is 35.5. The Labute approximate surface area is 121 Å². The number of hydrogen-bond acceptors (Lipinski definition) is 2. The van der Waals surface area contributed by atoms with Gasteiger partial charge in [-0.05, 0) is 50.7 Å². The van der Waals surface area contributed by atoms with Crippen LogP contribution in [0.15, 0.2) is 31.0 Å². The van der Waals surface area contributed by atoms with E-state index in [1.807, 2.05) is 19.1 Å². The molecular weight excluding hydrogens is 262 g/mol. The predicted octanol–water partition coefficient (Wildman–Crippen LogP) is 0.110. The minimum Gasteiger partial charge on any atom is -1.00 e. The van der Waals surface area contributed by atoms with E-state index in [-0.39, 0.29) is 18.4 Å². The first-order chi connectivity index (χ1) is 8.62. The largest absolute Gasteiger partial charge is 1.00 e. The number of anilines is 2. The molecule has 2 N–H and O–H groups in total. The van der Waals surface area contributed by atoms with Crippen LogP contribution in [0, 0.1) is 6.92 Å². The van der Waals surface area contributed by atoms with E-state index < -0.39 is 0 Å². The van der Waals surface area contributed by atoms with Crippen LogP contribution in [-0.4, -0.2) is 19.1 Å². The molecule has 4 nitrogen and oxygen atoms in total. The summed E-state index contributed by atoms with van der Waals surface area (Å²) in [5.41, 5.74) is 3.02. The van der Waals surface area contributed by atoms with Gasteiger partial charge >= 0.3 is 6.03 Å². The Kier molecular flexibility index (Phi) is 7.68. The number of amides is 2. The van der Waals surface area contributed by atoms with Gasteiger partial charge in [0.25, 0.3) is 0 Å². The van der Waals surface area contributed by atoms with Gasteiger partial charge in [-0.25, -0.2) is 4.79 Å². The van der Waals surface area contributed by atoms with Gasteiger partial charge in [-0.3, -0.25) is 0 Å². The van der Waals surface area contributed by atoms with Crippen LogP contribution in [0.1, 0.15) is 19.4 Å². The number of urea groups is 1. The number of rotatable bonds is 5. The second-order valence-electron chi connectivity index (χ2n) is 3.97. The first-order valence-corrected chi connectivity index (χ1v) is 6.16. The van der Waals surface area contributed by atoms with Crippen molar-refractivity contribution in [3.63, 3.8) is 0 Å². The molecule has 0 bridgehead atoms. The van der Waals surface area contributed by atoms with Crippen molar-refractivity contribution >= 4 is 17.4 Å². The number of nitrogens with zero attached hydrogens (tertiary/aromatic N) is 1. The summed E-state index contributed by atoms with van der Waals surface area (Å²) in [5.74, 6) is 0. The maximum Gasteiger partial charge on any atom is 0.323 e. The van der Waals surface area contributed by atoms with E-state index in [1.54, 1.807) is 0 Å².